The monoisotopic (exact) mass is 328 g/mol. The fraction of sp³-hybridized carbons (Fsp3) is 0.833. The molecule has 0 aromatic rings. The molecule has 3 aliphatic carbocycles. The third-order valence-corrected chi connectivity index (χ3v) is 10.5. The van der Waals surface area contributed by atoms with Crippen LogP contribution in [0.5, 0.6) is 0 Å². The molecule has 0 saturated carbocycles. The Labute approximate surface area is 151 Å². The van der Waals surface area contributed by atoms with E-state index < -0.39 is 0 Å². The van der Waals surface area contributed by atoms with Crippen LogP contribution in [0.3, 0.4) is 0 Å². The van der Waals surface area contributed by atoms with E-state index >= 15 is 0 Å². The van der Waals surface area contributed by atoms with Gasteiger partial charge in [0, 0.05) is 5.92 Å². The molecule has 0 aromatic heterocycles. The van der Waals surface area contributed by atoms with Crippen LogP contribution in [0.1, 0.15) is 90.0 Å². The van der Waals surface area contributed by atoms with Gasteiger partial charge in [0.15, 0.2) is 0 Å². The summed E-state index contributed by atoms with van der Waals surface area (Å²) in [4.78, 5) is 0. The van der Waals surface area contributed by atoms with Crippen LogP contribution in [0.4, 0.5) is 0 Å². The van der Waals surface area contributed by atoms with E-state index in [1.54, 1.807) is 22.3 Å². The molecule has 0 heteroatoms. The number of hydrogen-bond donors (Lipinski definition) is 0. The molecule has 3 aliphatic rings. The fourth-order valence-corrected chi connectivity index (χ4v) is 6.71. The molecule has 0 spiro atoms. The molecule has 0 bridgehead atoms. The molecule has 0 unspecified atom stereocenters. The highest BCUT2D eigenvalue weighted by molar-refractivity contribution is 5.65. The first-order valence-corrected chi connectivity index (χ1v) is 9.90. The highest BCUT2D eigenvalue weighted by atomic mass is 14.7. The molecule has 0 radical (unpaired) electrons. The Balaban J connectivity index is 2.40. The maximum Gasteiger partial charge on any atom is 0.000200 e. The Morgan fingerprint density at radius 2 is 0.708 bits per heavy atom. The van der Waals surface area contributed by atoms with Crippen molar-refractivity contribution in [2.45, 2.75) is 90.0 Å². The van der Waals surface area contributed by atoms with E-state index in [0.29, 0.717) is 5.92 Å². The third kappa shape index (κ3) is 1.43. The lowest BCUT2D eigenvalue weighted by molar-refractivity contribution is 0.0544. The van der Waals surface area contributed by atoms with Crippen molar-refractivity contribution < 1.29 is 0 Å². The van der Waals surface area contributed by atoms with E-state index in [-0.39, 0.29) is 32.5 Å². The van der Waals surface area contributed by atoms with E-state index in [2.05, 4.69) is 90.0 Å². The SMILES string of the molecule is CC1C2=C(C3=C1C(C)(C)C(C)(C)C3(C)C)C(C)(C)C(C)(C)C2(C)C. The first kappa shape index (κ1) is 18.3. The highest BCUT2D eigenvalue weighted by Gasteiger charge is 2.69. The largest absolute Gasteiger partial charge is 0.0583 e. The number of allylic oxidation sites excluding steroid dienone is 4. The Morgan fingerprint density at radius 3 is 0.958 bits per heavy atom. The summed E-state index contributed by atoms with van der Waals surface area (Å²) in [5.74, 6) is 0.585. The van der Waals surface area contributed by atoms with Crippen LogP contribution in [0.15, 0.2) is 22.3 Å². The molecule has 0 heterocycles. The number of hydrogen-bond acceptors (Lipinski definition) is 0. The zero-order valence-electron chi connectivity index (χ0n) is 18.6. The van der Waals surface area contributed by atoms with Crippen molar-refractivity contribution in [3.05, 3.63) is 22.3 Å². The normalized spacial score (nSPS) is 33.9. The minimum atomic E-state index is 0.213. The van der Waals surface area contributed by atoms with Gasteiger partial charge in [0.1, 0.15) is 0 Å². The van der Waals surface area contributed by atoms with Gasteiger partial charge in [0.25, 0.3) is 0 Å². The van der Waals surface area contributed by atoms with E-state index in [1.165, 1.54) is 0 Å². The second kappa shape index (κ2) is 4.07. The maximum atomic E-state index is 2.51. The van der Waals surface area contributed by atoms with Crippen LogP contribution in [0, 0.1) is 38.4 Å². The van der Waals surface area contributed by atoms with Crippen LogP contribution in [0.2, 0.25) is 0 Å². The van der Waals surface area contributed by atoms with Crippen molar-refractivity contribution in [2.75, 3.05) is 0 Å². The van der Waals surface area contributed by atoms with E-state index in [1.807, 2.05) is 0 Å². The molecule has 0 N–H and O–H groups in total. The summed E-state index contributed by atoms with van der Waals surface area (Å²) in [5, 5.41) is 0. The summed E-state index contributed by atoms with van der Waals surface area (Å²) in [6.45, 7) is 32.5. The molecule has 3 rings (SSSR count). The third-order valence-electron chi connectivity index (χ3n) is 10.5. The fourth-order valence-electron chi connectivity index (χ4n) is 6.71. The van der Waals surface area contributed by atoms with E-state index in [4.69, 9.17) is 0 Å². The predicted molar refractivity (Wildman–Crippen MR) is 106 cm³/mol. The molecule has 0 nitrogen and oxygen atoms in total. The Hall–Kier alpha value is -0.520. The van der Waals surface area contributed by atoms with Crippen LogP contribution >= 0.6 is 0 Å². The summed E-state index contributed by atoms with van der Waals surface area (Å²) < 4.78 is 0. The van der Waals surface area contributed by atoms with E-state index in [0.717, 1.165) is 0 Å². The Morgan fingerprint density at radius 1 is 0.458 bits per heavy atom. The topological polar surface area (TPSA) is 0 Å². The van der Waals surface area contributed by atoms with Gasteiger partial charge in [-0.1, -0.05) is 101 Å². The molecule has 0 aliphatic heterocycles. The van der Waals surface area contributed by atoms with Gasteiger partial charge in [0.05, 0.1) is 0 Å². The average Bonchev–Trinajstić information content (AvgIpc) is 2.80. The zero-order valence-corrected chi connectivity index (χ0v) is 18.6. The van der Waals surface area contributed by atoms with Crippen LogP contribution < -0.4 is 0 Å². The highest BCUT2D eigenvalue weighted by Crippen LogP contribution is 2.79. The number of fused-ring (bicyclic) bond motifs is 1. The van der Waals surface area contributed by atoms with Gasteiger partial charge in [-0.2, -0.15) is 0 Å². The summed E-state index contributed by atoms with van der Waals surface area (Å²) in [6.07, 6.45) is 0. The molecule has 0 amide bonds. The van der Waals surface area contributed by atoms with Crippen molar-refractivity contribution in [3.8, 4) is 0 Å². The summed E-state index contributed by atoms with van der Waals surface area (Å²) in [5.41, 5.74) is 8.40. The van der Waals surface area contributed by atoms with E-state index in [9.17, 15) is 0 Å². The van der Waals surface area contributed by atoms with Gasteiger partial charge in [-0.05, 0) is 43.6 Å². The van der Waals surface area contributed by atoms with Crippen molar-refractivity contribution in [1.82, 2.24) is 0 Å². The first-order valence-electron chi connectivity index (χ1n) is 9.90. The van der Waals surface area contributed by atoms with Crippen molar-refractivity contribution >= 4 is 0 Å². The maximum absolute atomic E-state index is 2.51. The standard InChI is InChI=1S/C24H40/c1-14-15-17(21(6,7)23(10,11)19(15,2)3)18-16(14)20(4,5)24(12,13)22(18,8)9/h14H,1-13H3. The zero-order chi connectivity index (χ0) is 18.9. The molecular formula is C24H40. The van der Waals surface area contributed by atoms with Gasteiger partial charge in [-0.3, -0.25) is 0 Å². The smallest absolute Gasteiger partial charge is 0.000200 e. The quantitative estimate of drug-likeness (QED) is 0.434. The first-order chi connectivity index (χ1) is 10.4. The summed E-state index contributed by atoms with van der Waals surface area (Å²) in [7, 11) is 0. The molecular weight excluding hydrogens is 288 g/mol. The molecule has 0 aromatic carbocycles. The summed E-state index contributed by atoms with van der Waals surface area (Å²) in [6, 6.07) is 0. The Kier molecular flexibility index (Phi) is 3.10. The number of rotatable bonds is 0. The van der Waals surface area contributed by atoms with Crippen LogP contribution in [-0.4, -0.2) is 0 Å². The second-order valence-corrected chi connectivity index (χ2v) is 12.0. The second-order valence-electron chi connectivity index (χ2n) is 12.0. The van der Waals surface area contributed by atoms with Gasteiger partial charge in [-0.25, -0.2) is 0 Å². The predicted octanol–water partition coefficient (Wildman–Crippen LogP) is 7.41. The molecule has 0 fully saturated rings. The van der Waals surface area contributed by atoms with Gasteiger partial charge < -0.3 is 0 Å². The molecule has 136 valence electrons. The van der Waals surface area contributed by atoms with Crippen molar-refractivity contribution in [2.24, 2.45) is 38.4 Å². The van der Waals surface area contributed by atoms with Gasteiger partial charge in [0.2, 0.25) is 0 Å². The van der Waals surface area contributed by atoms with Crippen LogP contribution in [0.25, 0.3) is 0 Å². The lowest BCUT2D eigenvalue weighted by atomic mass is 9.55. The Bertz CT molecular complexity index is 624. The molecule has 0 atom stereocenters. The molecule has 0 saturated heterocycles. The lowest BCUT2D eigenvalue weighted by Gasteiger charge is -2.48. The van der Waals surface area contributed by atoms with Gasteiger partial charge in [-0.15, -0.1) is 0 Å². The van der Waals surface area contributed by atoms with Crippen molar-refractivity contribution in [3.63, 3.8) is 0 Å². The molecule has 24 heavy (non-hydrogen) atoms. The van der Waals surface area contributed by atoms with Crippen LogP contribution in [-0.2, 0) is 0 Å². The average molecular weight is 329 g/mol. The minimum Gasteiger partial charge on any atom is -0.0583 e. The van der Waals surface area contributed by atoms with Gasteiger partial charge >= 0.3 is 0 Å². The lowest BCUT2D eigenvalue weighted by Crippen LogP contribution is -2.41. The van der Waals surface area contributed by atoms with Crippen molar-refractivity contribution in [1.29, 1.82) is 0 Å². The summed E-state index contributed by atoms with van der Waals surface area (Å²) >= 11 is 0. The minimum absolute atomic E-state index is 0.213.